The molecule has 3 fully saturated rings. The van der Waals surface area contributed by atoms with Gasteiger partial charge in [0, 0.05) is 12.8 Å². The molecule has 0 aromatic carbocycles. The second kappa shape index (κ2) is 7.32. The normalized spacial score (nSPS) is 35.8. The van der Waals surface area contributed by atoms with Crippen LogP contribution < -0.4 is 10.2 Å². The summed E-state index contributed by atoms with van der Waals surface area (Å²) in [6.45, 7) is 6.26. The van der Waals surface area contributed by atoms with Crippen LogP contribution in [0.1, 0.15) is 52.4 Å². The smallest absolute Gasteiger partial charge is 0.329 e. The van der Waals surface area contributed by atoms with Crippen LogP contribution >= 0.6 is 0 Å². The third kappa shape index (κ3) is 3.38. The van der Waals surface area contributed by atoms with Crippen molar-refractivity contribution < 1.29 is 24.0 Å². The molecule has 25 heavy (non-hydrogen) atoms. The summed E-state index contributed by atoms with van der Waals surface area (Å²) in [6, 6.07) is -0.251. The maximum atomic E-state index is 13.0. The van der Waals surface area contributed by atoms with Crippen molar-refractivity contribution in [1.82, 2.24) is 10.2 Å². The van der Waals surface area contributed by atoms with Crippen molar-refractivity contribution in [1.29, 1.82) is 0 Å². The minimum Gasteiger partial charge on any atom is -0.466 e. The van der Waals surface area contributed by atoms with Crippen molar-refractivity contribution in [3.8, 4) is 0 Å². The van der Waals surface area contributed by atoms with Gasteiger partial charge in [-0.25, -0.2) is 9.69 Å². The number of carbonyl (C=O) groups is 3. The second-order valence-electron chi connectivity index (χ2n) is 7.72. The molecule has 3 aliphatic rings. The van der Waals surface area contributed by atoms with Gasteiger partial charge < -0.3 is 15.0 Å². The van der Waals surface area contributed by atoms with Gasteiger partial charge in [0.25, 0.3) is 5.91 Å². The fraction of sp³-hybridized carbons (Fsp3) is 0.833. The Morgan fingerprint density at radius 3 is 2.64 bits per heavy atom. The molecule has 0 radical (unpaired) electrons. The molecule has 2 N–H and O–H groups in total. The molecule has 0 aromatic rings. The zero-order valence-corrected chi connectivity index (χ0v) is 15.3. The van der Waals surface area contributed by atoms with Crippen LogP contribution in [0.15, 0.2) is 0 Å². The predicted octanol–water partition coefficient (Wildman–Crippen LogP) is 0.303. The van der Waals surface area contributed by atoms with E-state index in [0.717, 1.165) is 51.6 Å². The van der Waals surface area contributed by atoms with Crippen LogP contribution in [0.25, 0.3) is 0 Å². The van der Waals surface area contributed by atoms with E-state index < -0.39 is 5.54 Å². The highest BCUT2D eigenvalue weighted by molar-refractivity contribution is 6.07. The molecule has 2 atom stereocenters. The lowest BCUT2D eigenvalue weighted by Gasteiger charge is -2.37. The Labute approximate surface area is 149 Å². The summed E-state index contributed by atoms with van der Waals surface area (Å²) in [5.74, 6) is -0.0278. The number of nitrogens with zero attached hydrogens (tertiary/aromatic N) is 1. The third-order valence-corrected chi connectivity index (χ3v) is 6.20. The van der Waals surface area contributed by atoms with Crippen molar-refractivity contribution in [3.63, 3.8) is 0 Å². The molecule has 1 spiro atoms. The van der Waals surface area contributed by atoms with Crippen molar-refractivity contribution in [2.75, 3.05) is 26.4 Å². The lowest BCUT2D eigenvalue weighted by molar-refractivity contribution is -0.913. The number of amides is 3. The Bertz CT molecular complexity index is 544. The Balaban J connectivity index is 1.58. The number of hydrogen-bond donors (Lipinski definition) is 2. The Hall–Kier alpha value is -1.63. The number of carbonyl (C=O) groups excluding carboxylic acids is 3. The fourth-order valence-electron chi connectivity index (χ4n) is 4.54. The Morgan fingerprint density at radius 2 is 2.00 bits per heavy atom. The molecule has 2 saturated heterocycles. The van der Waals surface area contributed by atoms with Gasteiger partial charge in [-0.3, -0.25) is 9.59 Å². The Kier molecular flexibility index (Phi) is 5.32. The van der Waals surface area contributed by atoms with E-state index >= 15 is 0 Å². The number of hydrogen-bond acceptors (Lipinski definition) is 4. The van der Waals surface area contributed by atoms with Crippen molar-refractivity contribution in [2.24, 2.45) is 11.8 Å². The standard InChI is InChI=1S/C18H29N3O4/c1-3-25-15(22)14-7-10-20(11-8-14)12-21-16(23)18(19-17(21)24)9-5-4-6-13(18)2/h13-14H,3-12H2,1-2H3,(H,19,24)/p+1/t13-,18+/m1/s1. The summed E-state index contributed by atoms with van der Waals surface area (Å²) in [5, 5.41) is 3.00. The summed E-state index contributed by atoms with van der Waals surface area (Å²) < 4.78 is 5.09. The zero-order chi connectivity index (χ0) is 18.0. The van der Waals surface area contributed by atoms with Gasteiger partial charge in [0.15, 0.2) is 6.67 Å². The van der Waals surface area contributed by atoms with Gasteiger partial charge in [0.1, 0.15) is 5.54 Å². The Morgan fingerprint density at radius 1 is 1.28 bits per heavy atom. The van der Waals surface area contributed by atoms with E-state index in [-0.39, 0.29) is 29.7 Å². The predicted molar refractivity (Wildman–Crippen MR) is 90.7 cm³/mol. The van der Waals surface area contributed by atoms with Crippen molar-refractivity contribution >= 4 is 17.9 Å². The summed E-state index contributed by atoms with van der Waals surface area (Å²) in [6.07, 6.45) is 5.34. The van der Waals surface area contributed by atoms with Gasteiger partial charge in [0.05, 0.1) is 25.6 Å². The van der Waals surface area contributed by atoms with E-state index in [0.29, 0.717) is 13.3 Å². The summed E-state index contributed by atoms with van der Waals surface area (Å²) in [5.41, 5.74) is -0.683. The van der Waals surface area contributed by atoms with Gasteiger partial charge in [0.2, 0.25) is 0 Å². The maximum Gasteiger partial charge on any atom is 0.329 e. The molecule has 3 amide bonds. The highest BCUT2D eigenvalue weighted by Crippen LogP contribution is 2.37. The first-order chi connectivity index (χ1) is 12.0. The largest absolute Gasteiger partial charge is 0.466 e. The molecule has 2 aliphatic heterocycles. The van der Waals surface area contributed by atoms with Crippen LogP contribution in [0, 0.1) is 11.8 Å². The van der Waals surface area contributed by atoms with Gasteiger partial charge in [-0.15, -0.1) is 0 Å². The average molecular weight is 352 g/mol. The molecule has 0 bridgehead atoms. The third-order valence-electron chi connectivity index (χ3n) is 6.20. The first-order valence-electron chi connectivity index (χ1n) is 9.62. The van der Waals surface area contributed by atoms with Gasteiger partial charge in [-0.2, -0.15) is 0 Å². The number of likely N-dealkylation sites (tertiary alicyclic amines) is 1. The van der Waals surface area contributed by atoms with Crippen LogP contribution in [0.4, 0.5) is 4.79 Å². The molecular weight excluding hydrogens is 322 g/mol. The first kappa shape index (κ1) is 18.2. The molecule has 0 aromatic heterocycles. The molecule has 0 unspecified atom stereocenters. The van der Waals surface area contributed by atoms with E-state index in [1.165, 1.54) is 9.80 Å². The van der Waals surface area contributed by atoms with Crippen LogP contribution in [0.5, 0.6) is 0 Å². The molecule has 140 valence electrons. The molecule has 7 heteroatoms. The molecular formula is C18H30N3O4+. The van der Waals surface area contributed by atoms with E-state index in [1.54, 1.807) is 0 Å². The van der Waals surface area contributed by atoms with Crippen molar-refractivity contribution in [3.05, 3.63) is 0 Å². The molecule has 2 heterocycles. The quantitative estimate of drug-likeness (QED) is 0.563. The number of piperidine rings is 1. The van der Waals surface area contributed by atoms with Crippen LogP contribution in [0.2, 0.25) is 0 Å². The van der Waals surface area contributed by atoms with E-state index in [9.17, 15) is 14.4 Å². The summed E-state index contributed by atoms with van der Waals surface area (Å²) in [7, 11) is 0. The number of esters is 1. The number of imide groups is 1. The number of quaternary nitrogens is 1. The monoisotopic (exact) mass is 352 g/mol. The van der Waals surface area contributed by atoms with E-state index in [4.69, 9.17) is 4.74 Å². The minimum absolute atomic E-state index is 0.0449. The number of ether oxygens (including phenoxy) is 1. The topological polar surface area (TPSA) is 80.2 Å². The van der Waals surface area contributed by atoms with Crippen LogP contribution in [0.3, 0.4) is 0 Å². The van der Waals surface area contributed by atoms with E-state index in [1.807, 2.05) is 6.92 Å². The first-order valence-corrected chi connectivity index (χ1v) is 9.62. The number of nitrogens with one attached hydrogen (secondary N) is 2. The minimum atomic E-state index is -0.683. The molecule has 7 nitrogen and oxygen atoms in total. The zero-order valence-electron chi connectivity index (χ0n) is 15.3. The van der Waals surface area contributed by atoms with Crippen LogP contribution in [-0.2, 0) is 14.3 Å². The van der Waals surface area contributed by atoms with Gasteiger partial charge in [-0.05, 0) is 25.7 Å². The maximum absolute atomic E-state index is 13.0. The lowest BCUT2D eigenvalue weighted by Crippen LogP contribution is -3.14. The molecule has 1 saturated carbocycles. The summed E-state index contributed by atoms with van der Waals surface area (Å²) in [4.78, 5) is 39.9. The molecule has 3 rings (SSSR count). The average Bonchev–Trinajstić information content (AvgIpc) is 2.83. The number of urea groups is 1. The highest BCUT2D eigenvalue weighted by Gasteiger charge is 2.55. The summed E-state index contributed by atoms with van der Waals surface area (Å²) >= 11 is 0. The van der Waals surface area contributed by atoms with E-state index in [2.05, 4.69) is 12.2 Å². The highest BCUT2D eigenvalue weighted by atomic mass is 16.5. The van der Waals surface area contributed by atoms with Gasteiger partial charge >= 0.3 is 12.0 Å². The second-order valence-corrected chi connectivity index (χ2v) is 7.72. The van der Waals surface area contributed by atoms with Crippen LogP contribution in [-0.4, -0.2) is 54.7 Å². The fourth-order valence-corrected chi connectivity index (χ4v) is 4.54. The van der Waals surface area contributed by atoms with Crippen molar-refractivity contribution in [2.45, 2.75) is 57.9 Å². The SMILES string of the molecule is CCOC(=O)C1CC[NH+](CN2C(=O)N[C@]3(CCCC[C@H]3C)C2=O)CC1. The van der Waals surface area contributed by atoms with Gasteiger partial charge in [-0.1, -0.05) is 19.8 Å². The number of rotatable bonds is 4. The molecule has 1 aliphatic carbocycles. The lowest BCUT2D eigenvalue weighted by atomic mass is 9.73.